The van der Waals surface area contributed by atoms with Crippen molar-refractivity contribution in [1.29, 1.82) is 0 Å². The Morgan fingerprint density at radius 2 is 0.929 bits per heavy atom. The molecule has 0 aliphatic heterocycles. The normalized spacial score (nSPS) is 17.8. The van der Waals surface area contributed by atoms with Crippen molar-refractivity contribution in [3.8, 4) is 0 Å². The van der Waals surface area contributed by atoms with Crippen molar-refractivity contribution in [2.75, 3.05) is 34.6 Å². The lowest BCUT2D eigenvalue weighted by atomic mass is 9.92. The second-order valence-corrected chi connectivity index (χ2v) is 15.3. The summed E-state index contributed by atoms with van der Waals surface area (Å²) in [4.78, 5) is 62.0. The molecule has 10 N–H and O–H groups in total. The number of carbonyl (C=O) groups excluding carboxylic acids is 2. The van der Waals surface area contributed by atoms with Crippen LogP contribution in [0.5, 0.6) is 0 Å². The van der Waals surface area contributed by atoms with E-state index >= 15 is 0 Å². The predicted octanol–water partition coefficient (Wildman–Crippen LogP) is 5.50. The van der Waals surface area contributed by atoms with E-state index in [0.29, 0.717) is 24.7 Å². The fourth-order valence-corrected chi connectivity index (χ4v) is 7.11. The molecule has 0 bridgehead atoms. The van der Waals surface area contributed by atoms with Gasteiger partial charge in [0.15, 0.2) is 23.3 Å². The number of nitrogens with zero attached hydrogens (tertiary/aromatic N) is 4. The molecule has 308 valence electrons. The molecule has 22 heteroatoms. The number of aromatic nitrogens is 4. The molecule has 2 aromatic rings. The topological polar surface area (TPSA) is 257 Å². The summed E-state index contributed by atoms with van der Waals surface area (Å²) in [6.45, 7) is -0.0261. The maximum atomic E-state index is 14.5. The maximum absolute atomic E-state index is 14.5. The number of hydrazine groups is 2. The van der Waals surface area contributed by atoms with Crippen LogP contribution in [0.3, 0.4) is 0 Å². The van der Waals surface area contributed by atoms with Crippen LogP contribution < -0.4 is 43.0 Å². The first-order valence-electron chi connectivity index (χ1n) is 18.9. The molecular formula is C34H48Cl2F2N12O6. The third-order valence-electron chi connectivity index (χ3n) is 10.0. The van der Waals surface area contributed by atoms with Gasteiger partial charge in [-0.25, -0.2) is 9.59 Å². The smallest absolute Gasteiger partial charge is 0.404 e. The van der Waals surface area contributed by atoms with Crippen molar-refractivity contribution in [3.05, 3.63) is 22.2 Å². The highest BCUT2D eigenvalue weighted by atomic mass is 35.5. The van der Waals surface area contributed by atoms with Crippen LogP contribution in [-0.2, 0) is 9.59 Å². The van der Waals surface area contributed by atoms with Crippen molar-refractivity contribution >= 4 is 70.5 Å². The minimum Gasteiger partial charge on any atom is -0.465 e. The molecule has 2 aromatic heterocycles. The van der Waals surface area contributed by atoms with Crippen LogP contribution in [-0.4, -0.2) is 79.3 Å². The van der Waals surface area contributed by atoms with E-state index in [0.717, 1.165) is 77.0 Å². The van der Waals surface area contributed by atoms with E-state index in [-0.39, 0.29) is 59.0 Å². The van der Waals surface area contributed by atoms with Crippen LogP contribution in [0.2, 0.25) is 10.6 Å². The van der Waals surface area contributed by atoms with Crippen LogP contribution in [0.4, 0.5) is 41.6 Å². The number of amides is 4. The second-order valence-electron chi connectivity index (χ2n) is 14.6. The molecule has 6 rings (SSSR count). The molecule has 56 heavy (non-hydrogen) atoms. The molecule has 4 aliphatic rings. The fraction of sp³-hybridized carbons (Fsp3) is 0.647. The Morgan fingerprint density at radius 1 is 0.589 bits per heavy atom. The summed E-state index contributed by atoms with van der Waals surface area (Å²) in [5.74, 6) is -3.28. The summed E-state index contributed by atoms with van der Waals surface area (Å²) < 4.78 is 29.0. The van der Waals surface area contributed by atoms with Gasteiger partial charge in [0.05, 0.1) is 11.8 Å². The lowest BCUT2D eigenvalue weighted by molar-refractivity contribution is -0.125. The first-order chi connectivity index (χ1) is 26.8. The summed E-state index contributed by atoms with van der Waals surface area (Å²) in [7, 11) is 0. The van der Waals surface area contributed by atoms with Gasteiger partial charge in [-0.1, -0.05) is 51.4 Å². The van der Waals surface area contributed by atoms with Crippen molar-refractivity contribution in [3.63, 3.8) is 0 Å². The van der Waals surface area contributed by atoms with Crippen molar-refractivity contribution in [2.24, 2.45) is 23.7 Å². The summed E-state index contributed by atoms with van der Waals surface area (Å²) >= 11 is 11.7. The van der Waals surface area contributed by atoms with Gasteiger partial charge in [0, 0.05) is 25.2 Å². The second kappa shape index (κ2) is 20.4. The zero-order valence-electron chi connectivity index (χ0n) is 30.6. The zero-order valence-corrected chi connectivity index (χ0v) is 32.1. The number of carboxylic acid groups (broad SMARTS) is 2. The Bertz CT molecular complexity index is 1580. The van der Waals surface area contributed by atoms with Gasteiger partial charge in [-0.2, -0.15) is 28.7 Å². The zero-order chi connectivity index (χ0) is 40.2. The van der Waals surface area contributed by atoms with Crippen LogP contribution in [0.1, 0.15) is 89.9 Å². The monoisotopic (exact) mass is 828 g/mol. The Hall–Kier alpha value is -4.72. The van der Waals surface area contributed by atoms with Gasteiger partial charge >= 0.3 is 12.2 Å². The molecule has 4 aliphatic carbocycles. The molecule has 4 fully saturated rings. The molecule has 0 saturated heterocycles. The molecule has 0 unspecified atom stereocenters. The number of hydrogen-bond acceptors (Lipinski definition) is 12. The largest absolute Gasteiger partial charge is 0.465 e. The standard InChI is InChI=1S/2C17H24ClFN6O3/c2*18-16-22-13(21-11-5-6-11)12(19)14(23-16)24-25-15(26)10(8-20-17(27)28)7-9-3-1-2-4-9/h2*9-11,20H,1-8H2,(H,25,26)(H,27,28)(H2,21,22,23,24)/t2*10-/m11/s1. The van der Waals surface area contributed by atoms with Crippen molar-refractivity contribution < 1.29 is 38.2 Å². The van der Waals surface area contributed by atoms with Gasteiger partial charge in [-0.05, 0) is 73.6 Å². The highest BCUT2D eigenvalue weighted by Gasteiger charge is 2.29. The van der Waals surface area contributed by atoms with E-state index < -0.39 is 47.5 Å². The van der Waals surface area contributed by atoms with Gasteiger partial charge in [0.2, 0.25) is 34.0 Å². The first-order valence-corrected chi connectivity index (χ1v) is 19.6. The molecule has 0 radical (unpaired) electrons. The minimum atomic E-state index is -1.19. The van der Waals surface area contributed by atoms with E-state index in [1.165, 1.54) is 0 Å². The van der Waals surface area contributed by atoms with E-state index in [4.69, 9.17) is 33.4 Å². The molecule has 0 spiro atoms. The van der Waals surface area contributed by atoms with Gasteiger partial charge < -0.3 is 31.5 Å². The number of carbonyl (C=O) groups is 4. The Kier molecular flexibility index (Phi) is 15.5. The Labute approximate surface area is 331 Å². The van der Waals surface area contributed by atoms with Crippen LogP contribution in [0, 0.1) is 35.3 Å². The van der Waals surface area contributed by atoms with Gasteiger partial charge in [-0.3, -0.25) is 31.3 Å². The number of nitrogens with one attached hydrogen (secondary N) is 8. The SMILES string of the molecule is O=C(O)NC[C@@H](CC1CCCC1)C(=O)NNc1nc(Cl)nc(NC2CC2)c1F.O=C(O)NC[C@@H](CC1CCCC1)C(=O)NNc1nc(Cl)nc(NC2CC2)c1F. The Morgan fingerprint density at radius 3 is 1.25 bits per heavy atom. The predicted molar refractivity (Wildman–Crippen MR) is 203 cm³/mol. The number of hydrogen-bond donors (Lipinski definition) is 10. The quantitative estimate of drug-likeness (QED) is 0.0658. The van der Waals surface area contributed by atoms with Gasteiger partial charge in [0.1, 0.15) is 0 Å². The fourth-order valence-electron chi connectivity index (χ4n) is 6.77. The highest BCUT2D eigenvalue weighted by Crippen LogP contribution is 2.32. The molecular weight excluding hydrogens is 781 g/mol. The van der Waals surface area contributed by atoms with E-state index in [1.54, 1.807) is 0 Å². The average Bonchev–Trinajstić information content (AvgIpc) is 4.04. The molecule has 2 atom stereocenters. The minimum absolute atomic E-state index is 0.0131. The average molecular weight is 830 g/mol. The van der Waals surface area contributed by atoms with E-state index in [9.17, 15) is 28.0 Å². The van der Waals surface area contributed by atoms with E-state index in [2.05, 4.69) is 62.9 Å². The van der Waals surface area contributed by atoms with Crippen molar-refractivity contribution in [2.45, 2.75) is 102 Å². The lowest BCUT2D eigenvalue weighted by Gasteiger charge is -2.20. The molecule has 0 aromatic carbocycles. The summed E-state index contributed by atoms with van der Waals surface area (Å²) in [5.41, 5.74) is 9.76. The Balaban J connectivity index is 0.000000214. The molecule has 2 heterocycles. The number of rotatable bonds is 18. The van der Waals surface area contributed by atoms with Gasteiger partial charge in [-0.15, -0.1) is 0 Å². The highest BCUT2D eigenvalue weighted by molar-refractivity contribution is 6.28. The van der Waals surface area contributed by atoms with E-state index in [1.807, 2.05) is 0 Å². The number of anilines is 4. The molecule has 18 nitrogen and oxygen atoms in total. The van der Waals surface area contributed by atoms with Crippen LogP contribution in [0.15, 0.2) is 0 Å². The number of halogens is 4. The lowest BCUT2D eigenvalue weighted by Crippen LogP contribution is -2.41. The van der Waals surface area contributed by atoms with Crippen molar-refractivity contribution in [1.82, 2.24) is 41.4 Å². The van der Waals surface area contributed by atoms with Gasteiger partial charge in [0.25, 0.3) is 0 Å². The van der Waals surface area contributed by atoms with Crippen LogP contribution in [0.25, 0.3) is 0 Å². The third-order valence-corrected chi connectivity index (χ3v) is 10.4. The summed E-state index contributed by atoms with van der Waals surface area (Å²) in [5, 5.41) is 27.7. The summed E-state index contributed by atoms with van der Waals surface area (Å²) in [6.07, 6.45) is 11.0. The third kappa shape index (κ3) is 13.8. The molecule has 4 amide bonds. The van der Waals surface area contributed by atoms with Crippen LogP contribution >= 0.6 is 23.2 Å². The first kappa shape index (κ1) is 42.4. The summed E-state index contributed by atoms with van der Waals surface area (Å²) in [6, 6.07) is 0.335. The molecule has 4 saturated carbocycles. The maximum Gasteiger partial charge on any atom is 0.404 e.